The highest BCUT2D eigenvalue weighted by Gasteiger charge is 2.44. The maximum atomic E-state index is 15.2. The van der Waals surface area contributed by atoms with Crippen molar-refractivity contribution < 1.29 is 28.0 Å². The summed E-state index contributed by atoms with van der Waals surface area (Å²) in [6.45, 7) is 12.4. The lowest BCUT2D eigenvalue weighted by atomic mass is 9.91. The molecule has 0 unspecified atom stereocenters. The number of hydrogen-bond donors (Lipinski definition) is 6. The fraction of sp³-hybridized carbons (Fsp3) is 0.343. The highest BCUT2D eigenvalue weighted by Crippen LogP contribution is 2.42. The SMILES string of the molecule is CC[C@H](NC)C(=O)N[C@@H](Cc1cn(CC#CC#CCn2cc(C[C@H](NC(=O)[C@H](CC)NC)C(=O)N3CC(C)(C)c4[nH]c(=O)c(Cc5ccc(F)cc5)cc43)c3c(Cl)cccc32)c2cccc(Cl)c12)C(=O)N1CC(C)(C)c2[nH]c(=O)c(Cc3ccc(F)cc3)cc21. The van der Waals surface area contributed by atoms with Crippen LogP contribution in [0.4, 0.5) is 20.2 Å². The summed E-state index contributed by atoms with van der Waals surface area (Å²) in [5, 5.41) is 14.5. The van der Waals surface area contributed by atoms with Gasteiger partial charge in [-0.25, -0.2) is 8.78 Å². The van der Waals surface area contributed by atoms with E-state index in [9.17, 15) is 28.0 Å². The fourth-order valence-corrected chi connectivity index (χ4v) is 13.1. The van der Waals surface area contributed by atoms with Gasteiger partial charge in [-0.2, -0.15) is 0 Å². The van der Waals surface area contributed by atoms with Crippen molar-refractivity contribution in [3.05, 3.63) is 197 Å². The second kappa shape index (κ2) is 26.7. The third-order valence-electron chi connectivity index (χ3n) is 17.2. The smallest absolute Gasteiger partial charge is 0.251 e. The number of amides is 4. The van der Waals surface area contributed by atoms with Gasteiger partial charge in [-0.15, -0.1) is 0 Å². The van der Waals surface area contributed by atoms with Crippen LogP contribution in [0.1, 0.15) is 99.2 Å². The zero-order chi connectivity index (χ0) is 64.3. The number of hydrogen-bond acceptors (Lipinski definition) is 8. The average Bonchev–Trinajstić information content (AvgIpc) is 1.68. The van der Waals surface area contributed by atoms with Gasteiger partial charge in [-0.3, -0.25) is 28.8 Å². The van der Waals surface area contributed by atoms with Gasteiger partial charge in [0.1, 0.15) is 23.7 Å². The van der Waals surface area contributed by atoms with Gasteiger partial charge in [-0.1, -0.05) is 113 Å². The van der Waals surface area contributed by atoms with Gasteiger partial charge < -0.3 is 50.2 Å². The molecule has 10 rings (SSSR count). The van der Waals surface area contributed by atoms with Crippen LogP contribution in [0.15, 0.2) is 119 Å². The van der Waals surface area contributed by atoms with Crippen LogP contribution in [-0.4, -0.2) is 94.1 Å². The molecule has 0 spiro atoms. The zero-order valence-corrected chi connectivity index (χ0v) is 53.0. The molecule has 6 heterocycles. The van der Waals surface area contributed by atoms with Crippen LogP contribution in [0.2, 0.25) is 10.0 Å². The van der Waals surface area contributed by atoms with Crippen LogP contribution >= 0.6 is 23.2 Å². The van der Waals surface area contributed by atoms with E-state index in [1.54, 1.807) is 72.4 Å². The Kier molecular flexibility index (Phi) is 19.1. The highest BCUT2D eigenvalue weighted by molar-refractivity contribution is 6.36. The second-order valence-electron chi connectivity index (χ2n) is 24.5. The van der Waals surface area contributed by atoms with Crippen LogP contribution in [0.5, 0.6) is 0 Å². The summed E-state index contributed by atoms with van der Waals surface area (Å²) in [5.41, 5.74) is 5.45. The van der Waals surface area contributed by atoms with E-state index >= 15 is 9.59 Å². The minimum Gasteiger partial charge on any atom is -0.343 e. The Hall–Kier alpha value is -8.78. The van der Waals surface area contributed by atoms with Crippen molar-refractivity contribution in [1.82, 2.24) is 40.4 Å². The molecule has 20 heteroatoms. The Morgan fingerprint density at radius 1 is 0.567 bits per heavy atom. The van der Waals surface area contributed by atoms with E-state index < -0.39 is 46.6 Å². The monoisotopic (exact) mass is 1260 g/mol. The number of anilines is 2. The topological polar surface area (TPSA) is 198 Å². The molecular formula is C70H72Cl2F2N10O6. The van der Waals surface area contributed by atoms with Crippen molar-refractivity contribution >= 4 is 80.0 Å². The number of carbonyl (C=O) groups is 4. The highest BCUT2D eigenvalue weighted by atomic mass is 35.5. The molecule has 4 aromatic carbocycles. The number of aromatic amines is 2. The fourth-order valence-electron chi connectivity index (χ4n) is 12.5. The van der Waals surface area contributed by atoms with Crippen molar-refractivity contribution in [3.8, 4) is 23.7 Å². The lowest BCUT2D eigenvalue weighted by Crippen LogP contribution is -2.54. The van der Waals surface area contributed by atoms with Crippen molar-refractivity contribution in [1.29, 1.82) is 0 Å². The van der Waals surface area contributed by atoms with Crippen LogP contribution in [-0.2, 0) is 68.8 Å². The Bertz CT molecular complexity index is 4070. The zero-order valence-electron chi connectivity index (χ0n) is 51.5. The third kappa shape index (κ3) is 13.4. The molecule has 0 saturated carbocycles. The van der Waals surface area contributed by atoms with Crippen LogP contribution in [0.25, 0.3) is 21.8 Å². The number of nitrogens with one attached hydrogen (secondary N) is 6. The molecule has 4 amide bonds. The van der Waals surface area contributed by atoms with Gasteiger partial charge in [0.2, 0.25) is 23.6 Å². The first-order chi connectivity index (χ1) is 43.0. The molecule has 0 bridgehead atoms. The molecule has 0 fully saturated rings. The third-order valence-corrected chi connectivity index (χ3v) is 17.8. The summed E-state index contributed by atoms with van der Waals surface area (Å²) < 4.78 is 31.5. The van der Waals surface area contributed by atoms with Gasteiger partial charge in [0.15, 0.2) is 0 Å². The van der Waals surface area contributed by atoms with Crippen LogP contribution in [0.3, 0.4) is 0 Å². The van der Waals surface area contributed by atoms with E-state index in [1.165, 1.54) is 24.3 Å². The predicted molar refractivity (Wildman–Crippen MR) is 350 cm³/mol. The number of likely N-dealkylation sites (N-methyl/N-ethyl adjacent to an activating group) is 2. The number of fused-ring (bicyclic) bond motifs is 4. The first-order valence-electron chi connectivity index (χ1n) is 30.1. The van der Waals surface area contributed by atoms with Gasteiger partial charge >= 0.3 is 0 Å². The molecule has 16 nitrogen and oxygen atoms in total. The van der Waals surface area contributed by atoms with Gasteiger partial charge in [0, 0.05) is 95.3 Å². The van der Waals surface area contributed by atoms with E-state index in [0.717, 1.165) is 22.2 Å². The molecule has 8 aromatic rings. The standard InChI is InChI=1S/C70H72Cl2F2N10O6/c1-9-51(75-7)65(87)77-53(67(89)83-39-69(3,4)61-57(83)35-43(63(85)79-61)31-41-21-25-47(73)26-22-41)33-45-37-81(55-19-15-17-49(71)59(45)55)29-13-11-12-14-30-82-38-46(60-50(72)18-16-20-56(60)82)34-54(78-66(88)52(10-2)76-8)68(90)84-40-70(5,6)62-58(84)36-44(64(86)80-62)32-42-23-27-48(74)28-24-42/h15-28,35-38,51-54,75-76H,9-10,29-34,39-40H2,1-8H3,(H,77,87)(H,78,88)(H,79,85)(H,80,86)/t51-,52-,53-,54-/m0/s1. The number of benzene rings is 4. The largest absolute Gasteiger partial charge is 0.343 e. The Morgan fingerprint density at radius 3 is 1.30 bits per heavy atom. The van der Waals surface area contributed by atoms with E-state index in [-0.39, 0.29) is 86.6 Å². The van der Waals surface area contributed by atoms with Gasteiger partial charge in [0.05, 0.1) is 57.6 Å². The summed E-state index contributed by atoms with van der Waals surface area (Å²) >= 11 is 14.0. The lowest BCUT2D eigenvalue weighted by molar-refractivity contribution is -0.128. The normalized spacial score (nSPS) is 15.1. The molecule has 4 aromatic heterocycles. The molecule has 0 saturated heterocycles. The lowest BCUT2D eigenvalue weighted by Gasteiger charge is -2.27. The number of nitrogens with zero attached hydrogens (tertiary/aromatic N) is 4. The number of pyridine rings is 2. The van der Waals surface area contributed by atoms with Crippen molar-refractivity contribution in [3.63, 3.8) is 0 Å². The summed E-state index contributed by atoms with van der Waals surface area (Å²) in [6.07, 6.45) is 5.23. The number of carbonyl (C=O) groups excluding carboxylic acids is 4. The molecule has 90 heavy (non-hydrogen) atoms. The molecule has 6 N–H and O–H groups in total. The minimum absolute atomic E-state index is 0.0594. The summed E-state index contributed by atoms with van der Waals surface area (Å²) in [7, 11) is 3.38. The molecular weight excluding hydrogens is 1190 g/mol. The van der Waals surface area contributed by atoms with Gasteiger partial charge in [0.25, 0.3) is 11.1 Å². The second-order valence-corrected chi connectivity index (χ2v) is 25.3. The predicted octanol–water partition coefficient (Wildman–Crippen LogP) is 9.15. The van der Waals surface area contributed by atoms with E-state index in [0.29, 0.717) is 78.7 Å². The van der Waals surface area contributed by atoms with Crippen LogP contribution in [0, 0.1) is 35.3 Å². The summed E-state index contributed by atoms with van der Waals surface area (Å²) in [5.74, 6) is 10.1. The quantitative estimate of drug-likeness (QED) is 0.0406. The Labute approximate surface area is 531 Å². The van der Waals surface area contributed by atoms with E-state index in [2.05, 4.69) is 54.9 Å². The molecule has 4 atom stereocenters. The van der Waals surface area contributed by atoms with Gasteiger partial charge in [-0.05, 0) is 122 Å². The average molecular weight is 1260 g/mol. The molecule has 0 radical (unpaired) electrons. The first kappa shape index (κ1) is 64.2. The molecule has 2 aliphatic rings. The number of rotatable bonds is 20. The first-order valence-corrected chi connectivity index (χ1v) is 30.9. The summed E-state index contributed by atoms with van der Waals surface area (Å²) in [6, 6.07) is 23.0. The van der Waals surface area contributed by atoms with E-state index in [4.69, 9.17) is 23.2 Å². The Balaban J connectivity index is 0.908. The number of aromatic nitrogens is 4. The molecule has 466 valence electrons. The van der Waals surface area contributed by atoms with Crippen molar-refractivity contribution in [2.45, 2.75) is 128 Å². The Morgan fingerprint density at radius 2 is 0.944 bits per heavy atom. The minimum atomic E-state index is -1.07. The maximum Gasteiger partial charge on any atom is 0.251 e. The maximum absolute atomic E-state index is 15.2. The molecule has 0 aliphatic carbocycles. The number of H-pyrrole nitrogens is 2. The van der Waals surface area contributed by atoms with Crippen LogP contribution < -0.4 is 42.2 Å². The number of halogens is 4. The van der Waals surface area contributed by atoms with E-state index in [1.807, 2.05) is 87.3 Å². The van der Waals surface area contributed by atoms with Crippen molar-refractivity contribution in [2.75, 3.05) is 37.0 Å². The molecule has 2 aliphatic heterocycles. The van der Waals surface area contributed by atoms with Crippen molar-refractivity contribution in [2.24, 2.45) is 0 Å². The summed E-state index contributed by atoms with van der Waals surface area (Å²) in [4.78, 5) is 94.6.